The average Bonchev–Trinajstić information content (AvgIpc) is 2.60. The van der Waals surface area contributed by atoms with Crippen molar-refractivity contribution in [3.63, 3.8) is 0 Å². The van der Waals surface area contributed by atoms with Crippen LogP contribution < -0.4 is 5.73 Å². The Morgan fingerprint density at radius 1 is 1.17 bits per heavy atom. The molecule has 0 amide bonds. The fourth-order valence-electron chi connectivity index (χ4n) is 1.89. The molecular formula is C12H12F3N3. The third-order valence-corrected chi connectivity index (χ3v) is 2.86. The van der Waals surface area contributed by atoms with Gasteiger partial charge in [-0.1, -0.05) is 0 Å². The Morgan fingerprint density at radius 2 is 1.72 bits per heavy atom. The molecule has 18 heavy (non-hydrogen) atoms. The lowest BCUT2D eigenvalue weighted by Gasteiger charge is -2.06. The van der Waals surface area contributed by atoms with Crippen molar-refractivity contribution in [3.05, 3.63) is 46.5 Å². The van der Waals surface area contributed by atoms with Crippen LogP contribution in [0.3, 0.4) is 0 Å². The predicted octanol–water partition coefficient (Wildman–Crippen LogP) is 2.37. The fraction of sp³-hybridized carbons (Fsp3) is 0.250. The van der Waals surface area contributed by atoms with Gasteiger partial charge in [-0.2, -0.15) is 5.10 Å². The molecule has 6 heteroatoms. The van der Waals surface area contributed by atoms with E-state index in [1.807, 2.05) is 0 Å². The third kappa shape index (κ3) is 1.88. The van der Waals surface area contributed by atoms with E-state index in [9.17, 15) is 13.2 Å². The summed E-state index contributed by atoms with van der Waals surface area (Å²) in [6.45, 7) is 3.77. The SMILES string of the molecule is Cc1nn(-c2cc(F)c(F)c(F)c2)c(C)c1CN. The largest absolute Gasteiger partial charge is 0.326 e. The van der Waals surface area contributed by atoms with E-state index in [1.165, 1.54) is 4.68 Å². The number of nitrogens with two attached hydrogens (primary N) is 1. The van der Waals surface area contributed by atoms with Crippen molar-refractivity contribution in [1.29, 1.82) is 0 Å². The Hall–Kier alpha value is -1.82. The second-order valence-electron chi connectivity index (χ2n) is 3.99. The van der Waals surface area contributed by atoms with Gasteiger partial charge in [0.05, 0.1) is 11.4 Å². The summed E-state index contributed by atoms with van der Waals surface area (Å²) in [6.07, 6.45) is 0. The zero-order chi connectivity index (χ0) is 13.4. The molecule has 0 spiro atoms. The zero-order valence-electron chi connectivity index (χ0n) is 9.97. The van der Waals surface area contributed by atoms with Gasteiger partial charge in [0.2, 0.25) is 0 Å². The Kier molecular flexibility index (Phi) is 3.13. The summed E-state index contributed by atoms with van der Waals surface area (Å²) in [5, 5.41) is 4.14. The number of benzene rings is 1. The minimum absolute atomic E-state index is 0.131. The van der Waals surface area contributed by atoms with Crippen LogP contribution >= 0.6 is 0 Å². The first-order chi connectivity index (χ1) is 8.45. The van der Waals surface area contributed by atoms with E-state index in [0.717, 1.165) is 17.7 Å². The highest BCUT2D eigenvalue weighted by molar-refractivity contribution is 5.38. The van der Waals surface area contributed by atoms with Gasteiger partial charge in [0.1, 0.15) is 0 Å². The van der Waals surface area contributed by atoms with Gasteiger partial charge in [0.15, 0.2) is 17.5 Å². The number of nitrogens with zero attached hydrogens (tertiary/aromatic N) is 2. The van der Waals surface area contributed by atoms with Gasteiger partial charge < -0.3 is 5.73 Å². The molecule has 96 valence electrons. The molecule has 0 bridgehead atoms. The van der Waals surface area contributed by atoms with Crippen LogP contribution in [-0.4, -0.2) is 9.78 Å². The number of aromatic nitrogens is 2. The molecule has 0 saturated carbocycles. The van der Waals surface area contributed by atoms with Gasteiger partial charge in [-0.25, -0.2) is 17.9 Å². The lowest BCUT2D eigenvalue weighted by molar-refractivity contribution is 0.446. The van der Waals surface area contributed by atoms with E-state index in [1.54, 1.807) is 13.8 Å². The zero-order valence-corrected chi connectivity index (χ0v) is 9.97. The van der Waals surface area contributed by atoms with Crippen LogP contribution in [0.4, 0.5) is 13.2 Å². The molecule has 0 aliphatic rings. The van der Waals surface area contributed by atoms with Crippen LogP contribution in [0.15, 0.2) is 12.1 Å². The van der Waals surface area contributed by atoms with Gasteiger partial charge in [0.25, 0.3) is 0 Å². The third-order valence-electron chi connectivity index (χ3n) is 2.86. The van der Waals surface area contributed by atoms with Gasteiger partial charge in [0, 0.05) is 29.9 Å². The molecule has 0 fully saturated rings. The van der Waals surface area contributed by atoms with E-state index in [2.05, 4.69) is 5.10 Å². The number of aryl methyl sites for hydroxylation is 1. The molecule has 2 rings (SSSR count). The Balaban J connectivity index is 2.63. The molecular weight excluding hydrogens is 243 g/mol. The number of halogens is 3. The summed E-state index contributed by atoms with van der Waals surface area (Å²) in [4.78, 5) is 0. The second-order valence-corrected chi connectivity index (χ2v) is 3.99. The predicted molar refractivity (Wildman–Crippen MR) is 60.8 cm³/mol. The first kappa shape index (κ1) is 12.6. The van der Waals surface area contributed by atoms with Crippen LogP contribution in [0.5, 0.6) is 0 Å². The van der Waals surface area contributed by atoms with Crippen LogP contribution in [0.2, 0.25) is 0 Å². The van der Waals surface area contributed by atoms with Crippen molar-refractivity contribution in [2.75, 3.05) is 0 Å². The maximum atomic E-state index is 13.2. The highest BCUT2D eigenvalue weighted by Crippen LogP contribution is 2.21. The minimum atomic E-state index is -1.49. The maximum absolute atomic E-state index is 13.2. The average molecular weight is 255 g/mol. The number of hydrogen-bond donors (Lipinski definition) is 1. The monoisotopic (exact) mass is 255 g/mol. The number of hydrogen-bond acceptors (Lipinski definition) is 2. The van der Waals surface area contributed by atoms with Gasteiger partial charge in [-0.05, 0) is 13.8 Å². The fourth-order valence-corrected chi connectivity index (χ4v) is 1.89. The van der Waals surface area contributed by atoms with Crippen LogP contribution in [0, 0.1) is 31.3 Å². The van der Waals surface area contributed by atoms with E-state index >= 15 is 0 Å². The molecule has 1 aromatic heterocycles. The van der Waals surface area contributed by atoms with Crippen molar-refractivity contribution >= 4 is 0 Å². The smallest absolute Gasteiger partial charge is 0.194 e. The summed E-state index contributed by atoms with van der Waals surface area (Å²) >= 11 is 0. The molecule has 0 atom stereocenters. The first-order valence-corrected chi connectivity index (χ1v) is 5.35. The van der Waals surface area contributed by atoms with Crippen LogP contribution in [0.25, 0.3) is 5.69 Å². The Bertz CT molecular complexity index is 582. The van der Waals surface area contributed by atoms with Crippen molar-refractivity contribution in [2.45, 2.75) is 20.4 Å². The summed E-state index contributed by atoms with van der Waals surface area (Å²) in [6, 6.07) is 1.80. The van der Waals surface area contributed by atoms with Gasteiger partial charge >= 0.3 is 0 Å². The Morgan fingerprint density at radius 3 is 2.17 bits per heavy atom. The highest BCUT2D eigenvalue weighted by Gasteiger charge is 2.16. The molecule has 0 unspecified atom stereocenters. The van der Waals surface area contributed by atoms with E-state index in [0.29, 0.717) is 11.4 Å². The lowest BCUT2D eigenvalue weighted by Crippen LogP contribution is -2.04. The van der Waals surface area contributed by atoms with Gasteiger partial charge in [-0.3, -0.25) is 0 Å². The van der Waals surface area contributed by atoms with Gasteiger partial charge in [-0.15, -0.1) is 0 Å². The lowest BCUT2D eigenvalue weighted by atomic mass is 10.2. The molecule has 0 radical (unpaired) electrons. The standard InChI is InChI=1S/C12H12F3N3/c1-6-9(5-16)7(2)18(17-6)8-3-10(13)12(15)11(14)4-8/h3-4H,5,16H2,1-2H3. The topological polar surface area (TPSA) is 43.8 Å². The summed E-state index contributed by atoms with van der Waals surface area (Å²) < 4.78 is 40.6. The maximum Gasteiger partial charge on any atom is 0.194 e. The van der Waals surface area contributed by atoms with Crippen LogP contribution in [0.1, 0.15) is 17.0 Å². The summed E-state index contributed by atoms with van der Waals surface area (Å²) in [5.41, 5.74) is 7.86. The molecule has 0 aliphatic carbocycles. The summed E-state index contributed by atoms with van der Waals surface area (Å²) in [7, 11) is 0. The Labute approximate surface area is 102 Å². The van der Waals surface area contributed by atoms with E-state index in [-0.39, 0.29) is 12.2 Å². The second kappa shape index (κ2) is 4.45. The molecule has 1 aromatic carbocycles. The van der Waals surface area contributed by atoms with Crippen molar-refractivity contribution in [3.8, 4) is 5.69 Å². The van der Waals surface area contributed by atoms with Crippen molar-refractivity contribution in [1.82, 2.24) is 9.78 Å². The normalized spacial score (nSPS) is 11.0. The van der Waals surface area contributed by atoms with Crippen molar-refractivity contribution in [2.24, 2.45) is 5.73 Å². The molecule has 1 heterocycles. The van der Waals surface area contributed by atoms with Crippen molar-refractivity contribution < 1.29 is 13.2 Å². The van der Waals surface area contributed by atoms with E-state index < -0.39 is 17.5 Å². The molecule has 2 N–H and O–H groups in total. The minimum Gasteiger partial charge on any atom is -0.326 e. The molecule has 3 nitrogen and oxygen atoms in total. The molecule has 0 saturated heterocycles. The molecule has 0 aliphatic heterocycles. The quantitative estimate of drug-likeness (QED) is 0.837. The van der Waals surface area contributed by atoms with E-state index in [4.69, 9.17) is 5.73 Å². The number of rotatable bonds is 2. The molecule has 2 aromatic rings. The first-order valence-electron chi connectivity index (χ1n) is 5.35. The highest BCUT2D eigenvalue weighted by atomic mass is 19.2. The summed E-state index contributed by atoms with van der Waals surface area (Å²) in [5.74, 6) is -3.97. The van der Waals surface area contributed by atoms with Crippen LogP contribution in [-0.2, 0) is 6.54 Å².